The lowest BCUT2D eigenvalue weighted by molar-refractivity contribution is 0.245. The maximum atomic E-state index is 12.9. The quantitative estimate of drug-likeness (QED) is 0.519. The van der Waals surface area contributed by atoms with Crippen molar-refractivity contribution >= 4 is 21.9 Å². The molecule has 0 aliphatic carbocycles. The van der Waals surface area contributed by atoms with E-state index in [1.54, 1.807) is 6.20 Å². The van der Waals surface area contributed by atoms with Crippen molar-refractivity contribution in [3.05, 3.63) is 42.1 Å². The highest BCUT2D eigenvalue weighted by atomic mass is 32.2. The third-order valence-electron chi connectivity index (χ3n) is 4.09. The summed E-state index contributed by atoms with van der Waals surface area (Å²) in [6, 6.07) is 3.41. The Morgan fingerprint density at radius 3 is 2.61 bits per heavy atom. The molecule has 0 aliphatic rings. The number of nitrogens with two attached hydrogens (primary N) is 1. The fraction of sp³-hybridized carbons (Fsp3) is 0.444. The van der Waals surface area contributed by atoms with Crippen LogP contribution >= 0.6 is 0 Å². The Labute approximate surface area is 164 Å². The van der Waals surface area contributed by atoms with E-state index in [0.29, 0.717) is 18.8 Å². The van der Waals surface area contributed by atoms with Crippen molar-refractivity contribution in [2.24, 2.45) is 0 Å². The van der Waals surface area contributed by atoms with Crippen LogP contribution in [-0.2, 0) is 23.0 Å². The summed E-state index contributed by atoms with van der Waals surface area (Å²) in [5.74, 6) is 0.894. The smallest absolute Gasteiger partial charge is 0.328 e. The second-order valence-electron chi connectivity index (χ2n) is 6.40. The van der Waals surface area contributed by atoms with Gasteiger partial charge in [0, 0.05) is 25.7 Å². The number of aryl methyl sites for hydroxylation is 2. The van der Waals surface area contributed by atoms with E-state index in [4.69, 9.17) is 5.73 Å². The summed E-state index contributed by atoms with van der Waals surface area (Å²) >= 11 is 0. The molecule has 0 atom stereocenters. The number of carbonyl (C=O) groups is 1. The van der Waals surface area contributed by atoms with E-state index >= 15 is 0 Å². The number of benzene rings is 1. The lowest BCUT2D eigenvalue weighted by Gasteiger charge is -2.10. The molecule has 0 bridgehead atoms. The number of nitrogens with zero attached hydrogens (tertiary/aromatic N) is 2. The summed E-state index contributed by atoms with van der Waals surface area (Å²) in [5.41, 5.74) is 5.76. The van der Waals surface area contributed by atoms with Gasteiger partial charge in [-0.3, -0.25) is 0 Å². The number of rotatable bonds is 10. The van der Waals surface area contributed by atoms with Crippen LogP contribution in [0.3, 0.4) is 0 Å². The Morgan fingerprint density at radius 2 is 1.93 bits per heavy atom. The topological polar surface area (TPSA) is 119 Å². The van der Waals surface area contributed by atoms with Crippen LogP contribution in [0.15, 0.2) is 35.4 Å². The number of nitrogens with one attached hydrogen (secondary N) is 2. The van der Waals surface area contributed by atoms with Crippen LogP contribution in [0.2, 0.25) is 0 Å². The standard InChI is InChI=1S/C18H26FN5O3S/c1-2-3-6-17-22-16(20)13-24(17)12-5-4-11-21-18(25)23-28(26,27)15-9-7-14(19)8-10-15/h7-10,13H,2-6,11-12,20H2,1H3,(H2,21,23,25). The van der Waals surface area contributed by atoms with Gasteiger partial charge in [-0.25, -0.2) is 27.3 Å². The largest absolute Gasteiger partial charge is 0.382 e. The van der Waals surface area contributed by atoms with Crippen LogP contribution in [0.4, 0.5) is 15.0 Å². The molecule has 4 N–H and O–H groups in total. The van der Waals surface area contributed by atoms with Crippen LogP contribution in [0.5, 0.6) is 0 Å². The van der Waals surface area contributed by atoms with Crippen LogP contribution < -0.4 is 15.8 Å². The summed E-state index contributed by atoms with van der Waals surface area (Å²) in [7, 11) is -4.03. The number of halogens is 1. The second kappa shape index (κ2) is 10.1. The van der Waals surface area contributed by atoms with Gasteiger partial charge in [0.1, 0.15) is 17.5 Å². The van der Waals surface area contributed by atoms with Gasteiger partial charge in [-0.2, -0.15) is 0 Å². The molecule has 8 nitrogen and oxygen atoms in total. The molecular formula is C18H26FN5O3S. The number of anilines is 1. The molecule has 2 rings (SSSR count). The molecule has 2 aromatic rings. The Bertz CT molecular complexity index is 881. The van der Waals surface area contributed by atoms with Crippen molar-refractivity contribution in [1.82, 2.24) is 19.6 Å². The minimum atomic E-state index is -4.03. The van der Waals surface area contributed by atoms with E-state index in [-0.39, 0.29) is 4.90 Å². The third kappa shape index (κ3) is 6.52. The Hall–Kier alpha value is -2.62. The molecule has 0 unspecified atom stereocenters. The number of hydrogen-bond donors (Lipinski definition) is 3. The van der Waals surface area contributed by atoms with E-state index in [2.05, 4.69) is 17.2 Å². The number of imidazole rings is 1. The zero-order valence-electron chi connectivity index (χ0n) is 15.8. The highest BCUT2D eigenvalue weighted by Crippen LogP contribution is 2.11. The minimum Gasteiger partial charge on any atom is -0.382 e. The van der Waals surface area contributed by atoms with Gasteiger partial charge in [-0.15, -0.1) is 0 Å². The van der Waals surface area contributed by atoms with E-state index in [1.165, 1.54) is 0 Å². The number of unbranched alkanes of at least 4 members (excludes halogenated alkanes) is 2. The monoisotopic (exact) mass is 411 g/mol. The average Bonchev–Trinajstić information content (AvgIpc) is 2.99. The number of urea groups is 1. The molecule has 10 heteroatoms. The van der Waals surface area contributed by atoms with Crippen LogP contribution in [0.25, 0.3) is 0 Å². The zero-order valence-corrected chi connectivity index (χ0v) is 16.6. The molecule has 0 fully saturated rings. The number of sulfonamides is 1. The lowest BCUT2D eigenvalue weighted by Crippen LogP contribution is -2.39. The predicted octanol–water partition coefficient (Wildman–Crippen LogP) is 2.42. The molecule has 1 aromatic carbocycles. The number of amides is 2. The van der Waals surface area contributed by atoms with Gasteiger partial charge in [-0.1, -0.05) is 13.3 Å². The van der Waals surface area contributed by atoms with E-state index in [9.17, 15) is 17.6 Å². The first-order valence-electron chi connectivity index (χ1n) is 9.19. The van der Waals surface area contributed by atoms with Crippen LogP contribution in [0, 0.1) is 5.82 Å². The zero-order chi connectivity index (χ0) is 20.6. The van der Waals surface area contributed by atoms with Crippen molar-refractivity contribution in [2.45, 2.75) is 50.5 Å². The van der Waals surface area contributed by atoms with Gasteiger partial charge in [0.2, 0.25) is 0 Å². The summed E-state index contributed by atoms with van der Waals surface area (Å²) in [6.07, 6.45) is 6.23. The first kappa shape index (κ1) is 21.7. The maximum absolute atomic E-state index is 12.9. The van der Waals surface area contributed by atoms with Gasteiger partial charge in [0.25, 0.3) is 10.0 Å². The molecule has 1 aromatic heterocycles. The highest BCUT2D eigenvalue weighted by molar-refractivity contribution is 7.90. The molecular weight excluding hydrogens is 385 g/mol. The highest BCUT2D eigenvalue weighted by Gasteiger charge is 2.17. The molecule has 0 spiro atoms. The summed E-state index contributed by atoms with van der Waals surface area (Å²) < 4.78 is 40.9. The fourth-order valence-corrected chi connectivity index (χ4v) is 3.57. The molecule has 1 heterocycles. The van der Waals surface area contributed by atoms with Gasteiger partial charge >= 0.3 is 6.03 Å². The SMILES string of the molecule is CCCCc1nc(N)cn1CCCCNC(=O)NS(=O)(=O)c1ccc(F)cc1. The van der Waals surface area contributed by atoms with Crippen molar-refractivity contribution in [2.75, 3.05) is 12.3 Å². The van der Waals surface area contributed by atoms with E-state index < -0.39 is 21.9 Å². The van der Waals surface area contributed by atoms with Crippen molar-refractivity contribution in [3.63, 3.8) is 0 Å². The number of hydrogen-bond acceptors (Lipinski definition) is 5. The second-order valence-corrected chi connectivity index (χ2v) is 8.08. The maximum Gasteiger partial charge on any atom is 0.328 e. The fourth-order valence-electron chi connectivity index (χ4n) is 2.64. The van der Waals surface area contributed by atoms with Crippen molar-refractivity contribution in [1.29, 1.82) is 0 Å². The minimum absolute atomic E-state index is 0.179. The molecule has 28 heavy (non-hydrogen) atoms. The summed E-state index contributed by atoms with van der Waals surface area (Å²) in [5, 5.41) is 2.51. The van der Waals surface area contributed by atoms with E-state index in [1.807, 2.05) is 9.29 Å². The van der Waals surface area contributed by atoms with Gasteiger partial charge in [0.05, 0.1) is 4.90 Å². The Balaban J connectivity index is 1.73. The first-order valence-corrected chi connectivity index (χ1v) is 10.7. The molecule has 2 amide bonds. The molecule has 154 valence electrons. The average molecular weight is 412 g/mol. The first-order chi connectivity index (χ1) is 13.3. The lowest BCUT2D eigenvalue weighted by atomic mass is 10.2. The van der Waals surface area contributed by atoms with E-state index in [0.717, 1.165) is 62.3 Å². The van der Waals surface area contributed by atoms with Crippen LogP contribution in [0.1, 0.15) is 38.4 Å². The molecule has 0 aliphatic heterocycles. The number of carbonyl (C=O) groups excluding carboxylic acids is 1. The van der Waals surface area contributed by atoms with Gasteiger partial charge in [0.15, 0.2) is 0 Å². The molecule has 0 radical (unpaired) electrons. The molecule has 0 saturated heterocycles. The van der Waals surface area contributed by atoms with Crippen molar-refractivity contribution in [3.8, 4) is 0 Å². The Morgan fingerprint density at radius 1 is 1.21 bits per heavy atom. The molecule has 0 saturated carbocycles. The van der Waals surface area contributed by atoms with Crippen molar-refractivity contribution < 1.29 is 17.6 Å². The third-order valence-corrected chi connectivity index (χ3v) is 5.44. The number of nitrogen functional groups attached to an aromatic ring is 1. The summed E-state index contributed by atoms with van der Waals surface area (Å²) in [4.78, 5) is 15.9. The Kier molecular flexibility index (Phi) is 7.80. The number of aromatic nitrogens is 2. The normalized spacial score (nSPS) is 11.4. The summed E-state index contributed by atoms with van der Waals surface area (Å²) in [6.45, 7) is 3.16. The van der Waals surface area contributed by atoms with Crippen LogP contribution in [-0.4, -0.2) is 30.5 Å². The van der Waals surface area contributed by atoms with Gasteiger partial charge < -0.3 is 15.6 Å². The van der Waals surface area contributed by atoms with Gasteiger partial charge in [-0.05, 0) is 43.5 Å². The predicted molar refractivity (Wildman–Crippen MR) is 105 cm³/mol.